The number of hydrogen-bond acceptors (Lipinski definition) is 4. The summed E-state index contributed by atoms with van der Waals surface area (Å²) in [6, 6.07) is 2.52. The van der Waals surface area contributed by atoms with E-state index in [4.69, 9.17) is 5.73 Å². The summed E-state index contributed by atoms with van der Waals surface area (Å²) < 4.78 is 0. The average Bonchev–Trinajstić information content (AvgIpc) is 3.02. The molecule has 0 amide bonds. The van der Waals surface area contributed by atoms with Crippen LogP contribution in [0.4, 0.5) is 0 Å². The van der Waals surface area contributed by atoms with Gasteiger partial charge in [-0.2, -0.15) is 16.4 Å². The van der Waals surface area contributed by atoms with E-state index in [1.807, 2.05) is 6.20 Å². The smallest absolute Gasteiger partial charge is 0.0703 e. The first-order valence-corrected chi connectivity index (χ1v) is 7.30. The highest BCUT2D eigenvalue weighted by atomic mass is 35.5. The lowest BCUT2D eigenvalue weighted by Crippen LogP contribution is -2.39. The predicted molar refractivity (Wildman–Crippen MR) is 81.6 cm³/mol. The fourth-order valence-corrected chi connectivity index (χ4v) is 3.09. The molecule has 1 saturated heterocycles. The maximum absolute atomic E-state index is 5.93. The molecule has 4 nitrogen and oxygen atoms in total. The Balaban J connectivity index is 0.00000133. The molecule has 0 spiro atoms. The highest BCUT2D eigenvalue weighted by Gasteiger charge is 2.18. The lowest BCUT2D eigenvalue weighted by molar-refractivity contribution is 0.206. The van der Waals surface area contributed by atoms with Gasteiger partial charge < -0.3 is 5.73 Å². The zero-order valence-corrected chi connectivity index (χ0v) is 12.3. The van der Waals surface area contributed by atoms with Crippen molar-refractivity contribution in [1.29, 1.82) is 0 Å². The second-order valence-electron chi connectivity index (χ2n) is 4.90. The normalized spacial score (nSPS) is 17.3. The van der Waals surface area contributed by atoms with E-state index in [0.29, 0.717) is 6.04 Å². The van der Waals surface area contributed by atoms with Crippen LogP contribution in [0, 0.1) is 0 Å². The summed E-state index contributed by atoms with van der Waals surface area (Å²) in [5, 5.41) is 11.6. The van der Waals surface area contributed by atoms with Crippen LogP contribution in [-0.4, -0.2) is 34.2 Å². The summed E-state index contributed by atoms with van der Waals surface area (Å²) in [5.41, 5.74) is 9.61. The Morgan fingerprint density at radius 1 is 1.42 bits per heavy atom. The minimum Gasteiger partial charge on any atom is -0.328 e. The fraction of sp³-hybridized carbons (Fsp3) is 0.462. The Hall–Kier alpha value is -0.880. The molecule has 1 fully saturated rings. The summed E-state index contributed by atoms with van der Waals surface area (Å²) in [6.45, 7) is 3.15. The second kappa shape index (κ2) is 6.52. The summed E-state index contributed by atoms with van der Waals surface area (Å²) in [6.07, 6.45) is 4.15. The maximum Gasteiger partial charge on any atom is 0.0703 e. The van der Waals surface area contributed by atoms with Crippen molar-refractivity contribution < 1.29 is 0 Å². The van der Waals surface area contributed by atoms with Gasteiger partial charge in [0.15, 0.2) is 0 Å². The molecular formula is C13H19ClN4S. The quantitative estimate of drug-likeness (QED) is 0.915. The van der Waals surface area contributed by atoms with Crippen LogP contribution < -0.4 is 5.73 Å². The van der Waals surface area contributed by atoms with Crippen molar-refractivity contribution in [2.24, 2.45) is 5.73 Å². The van der Waals surface area contributed by atoms with Crippen molar-refractivity contribution in [1.82, 2.24) is 15.1 Å². The number of aromatic nitrogens is 2. The van der Waals surface area contributed by atoms with Gasteiger partial charge in [0, 0.05) is 29.1 Å². The molecule has 3 N–H and O–H groups in total. The summed E-state index contributed by atoms with van der Waals surface area (Å²) in [7, 11) is 0. The van der Waals surface area contributed by atoms with E-state index in [9.17, 15) is 0 Å². The molecule has 6 heteroatoms. The van der Waals surface area contributed by atoms with Crippen molar-refractivity contribution in [3.63, 3.8) is 0 Å². The van der Waals surface area contributed by atoms with Gasteiger partial charge in [-0.25, -0.2) is 0 Å². The lowest BCUT2D eigenvalue weighted by atomic mass is 10.0. The molecule has 1 aliphatic rings. The second-order valence-corrected chi connectivity index (χ2v) is 5.68. The van der Waals surface area contributed by atoms with E-state index in [1.165, 1.54) is 11.1 Å². The fourth-order valence-electron chi connectivity index (χ4n) is 2.44. The molecule has 1 aliphatic heterocycles. The van der Waals surface area contributed by atoms with Gasteiger partial charge in [-0.1, -0.05) is 0 Å². The molecule has 19 heavy (non-hydrogen) atoms. The van der Waals surface area contributed by atoms with Crippen molar-refractivity contribution in [3.8, 4) is 11.3 Å². The predicted octanol–water partition coefficient (Wildman–Crippen LogP) is 2.48. The summed E-state index contributed by atoms with van der Waals surface area (Å²) in [4.78, 5) is 2.46. The molecule has 2 aromatic rings. The van der Waals surface area contributed by atoms with Gasteiger partial charge in [0.2, 0.25) is 0 Å². The van der Waals surface area contributed by atoms with Crippen LogP contribution in [0.2, 0.25) is 0 Å². The molecule has 0 atom stereocenters. The number of nitrogens with zero attached hydrogens (tertiary/aromatic N) is 2. The van der Waals surface area contributed by atoms with Crippen LogP contribution in [0.3, 0.4) is 0 Å². The standard InChI is InChI=1S/C13H18N4S.ClH/c14-12-1-4-17(5-2-12)8-11-7-15-16-13(11)10-3-6-18-9-10;/h3,6-7,9,12H,1-2,4-5,8,14H2,(H,15,16);1H. The van der Waals surface area contributed by atoms with E-state index in [2.05, 4.69) is 31.9 Å². The molecule has 0 radical (unpaired) electrons. The van der Waals surface area contributed by atoms with E-state index in [1.54, 1.807) is 11.3 Å². The third-order valence-electron chi connectivity index (χ3n) is 3.55. The van der Waals surface area contributed by atoms with Gasteiger partial charge in [-0.05, 0) is 37.4 Å². The highest BCUT2D eigenvalue weighted by molar-refractivity contribution is 7.08. The van der Waals surface area contributed by atoms with Gasteiger partial charge in [0.1, 0.15) is 0 Å². The van der Waals surface area contributed by atoms with Crippen LogP contribution in [0.25, 0.3) is 11.3 Å². The Morgan fingerprint density at radius 3 is 2.89 bits per heavy atom. The number of thiophene rings is 1. The van der Waals surface area contributed by atoms with Gasteiger partial charge in [-0.3, -0.25) is 10.00 Å². The molecule has 0 aliphatic carbocycles. The number of halogens is 1. The Kier molecular flexibility index (Phi) is 4.99. The molecule has 3 heterocycles. The van der Waals surface area contributed by atoms with Crippen molar-refractivity contribution >= 4 is 23.7 Å². The molecule has 104 valence electrons. The minimum atomic E-state index is 0. The summed E-state index contributed by atoms with van der Waals surface area (Å²) in [5.74, 6) is 0. The first kappa shape index (κ1) is 14.5. The molecule has 2 aromatic heterocycles. The number of rotatable bonds is 3. The van der Waals surface area contributed by atoms with Crippen LogP contribution in [0.1, 0.15) is 18.4 Å². The highest BCUT2D eigenvalue weighted by Crippen LogP contribution is 2.25. The SMILES string of the molecule is Cl.NC1CCN(Cc2cn[nH]c2-c2ccsc2)CC1. The van der Waals surface area contributed by atoms with Crippen LogP contribution in [0.5, 0.6) is 0 Å². The molecule has 0 bridgehead atoms. The van der Waals surface area contributed by atoms with E-state index >= 15 is 0 Å². The van der Waals surface area contributed by atoms with Crippen LogP contribution in [-0.2, 0) is 6.54 Å². The van der Waals surface area contributed by atoms with Gasteiger partial charge >= 0.3 is 0 Å². The number of nitrogens with two attached hydrogens (primary N) is 1. The molecule has 3 rings (SSSR count). The lowest BCUT2D eigenvalue weighted by Gasteiger charge is -2.29. The molecule has 0 aromatic carbocycles. The van der Waals surface area contributed by atoms with Crippen LogP contribution >= 0.6 is 23.7 Å². The van der Waals surface area contributed by atoms with Crippen molar-refractivity contribution in [2.75, 3.05) is 13.1 Å². The Morgan fingerprint density at radius 2 is 2.21 bits per heavy atom. The first-order chi connectivity index (χ1) is 8.83. The Bertz CT molecular complexity index is 488. The zero-order chi connectivity index (χ0) is 12.4. The van der Waals surface area contributed by atoms with Gasteiger partial charge in [0.05, 0.1) is 11.9 Å². The van der Waals surface area contributed by atoms with E-state index < -0.39 is 0 Å². The third-order valence-corrected chi connectivity index (χ3v) is 4.24. The van der Waals surface area contributed by atoms with Gasteiger partial charge in [-0.15, -0.1) is 12.4 Å². The van der Waals surface area contributed by atoms with E-state index in [-0.39, 0.29) is 12.4 Å². The molecular weight excluding hydrogens is 280 g/mol. The van der Waals surface area contributed by atoms with Gasteiger partial charge in [0.25, 0.3) is 0 Å². The number of H-pyrrole nitrogens is 1. The average molecular weight is 299 g/mol. The Labute approximate surface area is 123 Å². The number of likely N-dealkylation sites (tertiary alicyclic amines) is 1. The maximum atomic E-state index is 5.93. The first-order valence-electron chi connectivity index (χ1n) is 6.35. The monoisotopic (exact) mass is 298 g/mol. The topological polar surface area (TPSA) is 57.9 Å². The number of nitrogens with one attached hydrogen (secondary N) is 1. The molecule has 0 saturated carbocycles. The number of piperidine rings is 1. The minimum absolute atomic E-state index is 0. The third kappa shape index (κ3) is 3.36. The summed E-state index contributed by atoms with van der Waals surface area (Å²) >= 11 is 1.71. The molecule has 0 unspecified atom stereocenters. The largest absolute Gasteiger partial charge is 0.328 e. The number of hydrogen-bond donors (Lipinski definition) is 2. The van der Waals surface area contributed by atoms with Crippen LogP contribution in [0.15, 0.2) is 23.0 Å². The number of aromatic amines is 1. The van der Waals surface area contributed by atoms with Crippen molar-refractivity contribution in [3.05, 3.63) is 28.6 Å². The van der Waals surface area contributed by atoms with Crippen molar-refractivity contribution in [2.45, 2.75) is 25.4 Å². The zero-order valence-electron chi connectivity index (χ0n) is 10.7. The van der Waals surface area contributed by atoms with E-state index in [0.717, 1.165) is 38.2 Å².